The largest absolute Gasteiger partial charge is 0.469 e. The van der Waals surface area contributed by atoms with Crippen molar-refractivity contribution in [1.29, 1.82) is 0 Å². The van der Waals surface area contributed by atoms with Crippen molar-refractivity contribution in [1.82, 2.24) is 10.2 Å². The Kier molecular flexibility index (Phi) is 3.18. The molecule has 0 aliphatic carbocycles. The van der Waals surface area contributed by atoms with Gasteiger partial charge in [-0.3, -0.25) is 4.79 Å². The summed E-state index contributed by atoms with van der Waals surface area (Å²) in [5.41, 5.74) is 1.99. The van der Waals surface area contributed by atoms with Crippen LogP contribution >= 0.6 is 0 Å². The first-order valence-electron chi connectivity index (χ1n) is 5.15. The summed E-state index contributed by atoms with van der Waals surface area (Å²) in [6.45, 7) is 2.00. The van der Waals surface area contributed by atoms with E-state index in [0.29, 0.717) is 5.89 Å². The molecule has 0 spiro atoms. The molecular weight excluding hydrogens is 220 g/mol. The second-order valence-corrected chi connectivity index (χ2v) is 3.62. The van der Waals surface area contributed by atoms with E-state index in [1.54, 1.807) is 0 Å². The summed E-state index contributed by atoms with van der Waals surface area (Å²) in [7, 11) is 1.32. The Balaban J connectivity index is 2.18. The molecule has 2 rings (SSSR count). The number of ether oxygens (including phenoxy) is 1. The molecule has 0 saturated heterocycles. The molecule has 0 amide bonds. The summed E-state index contributed by atoms with van der Waals surface area (Å²) in [6, 6.07) is 7.70. The number of carbonyl (C=O) groups is 1. The topological polar surface area (TPSA) is 65.2 Å². The maximum Gasteiger partial charge on any atom is 0.315 e. The Morgan fingerprint density at radius 3 is 2.65 bits per heavy atom. The zero-order valence-electron chi connectivity index (χ0n) is 9.64. The highest BCUT2D eigenvalue weighted by Crippen LogP contribution is 2.18. The van der Waals surface area contributed by atoms with Crippen LogP contribution in [0.1, 0.15) is 11.5 Å². The zero-order valence-corrected chi connectivity index (χ0v) is 9.64. The Hall–Kier alpha value is -2.17. The molecule has 0 bridgehead atoms. The van der Waals surface area contributed by atoms with Crippen LogP contribution in [0.25, 0.3) is 11.5 Å². The highest BCUT2D eigenvalue weighted by Gasteiger charge is 2.12. The van der Waals surface area contributed by atoms with Crippen LogP contribution in [-0.4, -0.2) is 23.3 Å². The molecule has 88 valence electrons. The second kappa shape index (κ2) is 4.78. The zero-order chi connectivity index (χ0) is 12.3. The van der Waals surface area contributed by atoms with Crippen LogP contribution in [-0.2, 0) is 16.0 Å². The number of hydrogen-bond acceptors (Lipinski definition) is 5. The first-order valence-corrected chi connectivity index (χ1v) is 5.15. The first-order chi connectivity index (χ1) is 8.19. The molecule has 2 aromatic rings. The van der Waals surface area contributed by atoms with Gasteiger partial charge in [-0.15, -0.1) is 10.2 Å². The normalized spacial score (nSPS) is 10.2. The number of benzene rings is 1. The van der Waals surface area contributed by atoms with E-state index in [1.807, 2.05) is 31.2 Å². The minimum absolute atomic E-state index is 0.00460. The molecule has 0 unspecified atom stereocenters. The summed E-state index contributed by atoms with van der Waals surface area (Å²) in [5.74, 6) is 0.264. The lowest BCUT2D eigenvalue weighted by Crippen LogP contribution is -2.04. The average Bonchev–Trinajstić information content (AvgIpc) is 2.78. The van der Waals surface area contributed by atoms with Crippen LogP contribution in [0.15, 0.2) is 28.7 Å². The van der Waals surface area contributed by atoms with Gasteiger partial charge in [0.05, 0.1) is 7.11 Å². The minimum Gasteiger partial charge on any atom is -0.469 e. The minimum atomic E-state index is -0.399. The molecule has 0 atom stereocenters. The van der Waals surface area contributed by atoms with Crippen LogP contribution in [0.2, 0.25) is 0 Å². The quantitative estimate of drug-likeness (QED) is 0.754. The molecule has 0 fully saturated rings. The molecule has 0 saturated carbocycles. The third kappa shape index (κ3) is 2.69. The van der Waals surface area contributed by atoms with Crippen molar-refractivity contribution in [2.75, 3.05) is 7.11 Å². The number of hydrogen-bond donors (Lipinski definition) is 0. The van der Waals surface area contributed by atoms with Crippen LogP contribution in [0.3, 0.4) is 0 Å². The summed E-state index contributed by atoms with van der Waals surface area (Å²) < 4.78 is 9.88. The molecular formula is C12H12N2O3. The number of esters is 1. The maximum absolute atomic E-state index is 11.0. The number of aryl methyl sites for hydroxylation is 1. The number of rotatable bonds is 3. The van der Waals surface area contributed by atoms with Gasteiger partial charge in [0.1, 0.15) is 6.42 Å². The Morgan fingerprint density at radius 1 is 1.29 bits per heavy atom. The van der Waals surface area contributed by atoms with E-state index in [4.69, 9.17) is 4.42 Å². The second-order valence-electron chi connectivity index (χ2n) is 3.62. The standard InChI is InChI=1S/C12H12N2O3/c1-8-3-5-9(6-4-8)12-14-13-10(17-12)7-11(15)16-2/h3-6H,7H2,1-2H3. The highest BCUT2D eigenvalue weighted by atomic mass is 16.5. The number of nitrogens with zero attached hydrogens (tertiary/aromatic N) is 2. The van der Waals surface area contributed by atoms with Gasteiger partial charge in [-0.2, -0.15) is 0 Å². The van der Waals surface area contributed by atoms with Crippen LogP contribution in [0.4, 0.5) is 0 Å². The molecule has 1 aromatic carbocycles. The van der Waals surface area contributed by atoms with Crippen molar-refractivity contribution in [2.45, 2.75) is 13.3 Å². The molecule has 17 heavy (non-hydrogen) atoms. The van der Waals surface area contributed by atoms with Gasteiger partial charge < -0.3 is 9.15 Å². The van der Waals surface area contributed by atoms with Crippen molar-refractivity contribution in [3.63, 3.8) is 0 Å². The Morgan fingerprint density at radius 2 is 2.00 bits per heavy atom. The van der Waals surface area contributed by atoms with E-state index in [2.05, 4.69) is 14.9 Å². The van der Waals surface area contributed by atoms with E-state index in [-0.39, 0.29) is 12.3 Å². The van der Waals surface area contributed by atoms with Crippen molar-refractivity contribution in [3.05, 3.63) is 35.7 Å². The highest BCUT2D eigenvalue weighted by molar-refractivity contribution is 5.71. The summed E-state index contributed by atoms with van der Waals surface area (Å²) in [4.78, 5) is 11.0. The SMILES string of the molecule is COC(=O)Cc1nnc(-c2ccc(C)cc2)o1. The van der Waals surface area contributed by atoms with E-state index in [9.17, 15) is 4.79 Å². The maximum atomic E-state index is 11.0. The molecule has 0 aliphatic rings. The molecule has 5 nitrogen and oxygen atoms in total. The van der Waals surface area contributed by atoms with Gasteiger partial charge in [0, 0.05) is 5.56 Å². The smallest absolute Gasteiger partial charge is 0.315 e. The molecule has 0 radical (unpaired) electrons. The van der Waals surface area contributed by atoms with Gasteiger partial charge in [0.25, 0.3) is 0 Å². The predicted octanol–water partition coefficient (Wildman–Crippen LogP) is 1.76. The predicted molar refractivity (Wildman–Crippen MR) is 60.2 cm³/mol. The lowest BCUT2D eigenvalue weighted by molar-refractivity contribution is -0.140. The third-order valence-electron chi connectivity index (χ3n) is 2.29. The van der Waals surface area contributed by atoms with Gasteiger partial charge >= 0.3 is 5.97 Å². The fourth-order valence-electron chi connectivity index (χ4n) is 1.33. The van der Waals surface area contributed by atoms with E-state index >= 15 is 0 Å². The van der Waals surface area contributed by atoms with E-state index in [0.717, 1.165) is 11.1 Å². The van der Waals surface area contributed by atoms with Crippen molar-refractivity contribution >= 4 is 5.97 Å². The lowest BCUT2D eigenvalue weighted by atomic mass is 10.1. The van der Waals surface area contributed by atoms with Gasteiger partial charge in [0.2, 0.25) is 11.8 Å². The Bertz CT molecular complexity index is 517. The van der Waals surface area contributed by atoms with E-state index < -0.39 is 5.97 Å². The van der Waals surface area contributed by atoms with Crippen LogP contribution < -0.4 is 0 Å². The fourth-order valence-corrected chi connectivity index (χ4v) is 1.33. The third-order valence-corrected chi connectivity index (χ3v) is 2.29. The summed E-state index contributed by atoms with van der Waals surface area (Å²) >= 11 is 0. The fraction of sp³-hybridized carbons (Fsp3) is 0.250. The Labute approximate surface area is 98.4 Å². The van der Waals surface area contributed by atoms with Crippen LogP contribution in [0.5, 0.6) is 0 Å². The molecule has 0 N–H and O–H groups in total. The van der Waals surface area contributed by atoms with Crippen molar-refractivity contribution < 1.29 is 13.9 Å². The number of methoxy groups -OCH3 is 1. The number of carbonyl (C=O) groups excluding carboxylic acids is 1. The monoisotopic (exact) mass is 232 g/mol. The van der Waals surface area contributed by atoms with Crippen molar-refractivity contribution in [3.8, 4) is 11.5 Å². The van der Waals surface area contributed by atoms with Gasteiger partial charge in [-0.25, -0.2) is 0 Å². The van der Waals surface area contributed by atoms with E-state index in [1.165, 1.54) is 7.11 Å². The number of aromatic nitrogens is 2. The van der Waals surface area contributed by atoms with Gasteiger partial charge in [0.15, 0.2) is 0 Å². The summed E-state index contributed by atoms with van der Waals surface area (Å²) in [5, 5.41) is 7.66. The van der Waals surface area contributed by atoms with Crippen LogP contribution in [0, 0.1) is 6.92 Å². The van der Waals surface area contributed by atoms with Gasteiger partial charge in [-0.1, -0.05) is 17.7 Å². The molecule has 5 heteroatoms. The molecule has 1 heterocycles. The average molecular weight is 232 g/mol. The molecule has 1 aromatic heterocycles. The van der Waals surface area contributed by atoms with Crippen molar-refractivity contribution in [2.24, 2.45) is 0 Å². The molecule has 0 aliphatic heterocycles. The lowest BCUT2D eigenvalue weighted by Gasteiger charge is -1.95. The van der Waals surface area contributed by atoms with Gasteiger partial charge in [-0.05, 0) is 19.1 Å². The summed E-state index contributed by atoms with van der Waals surface area (Å²) in [6.07, 6.45) is -0.00460. The first kappa shape index (κ1) is 11.3.